The van der Waals surface area contributed by atoms with Crippen molar-refractivity contribution < 1.29 is 0 Å². The Morgan fingerprint density at radius 3 is 2.30 bits per heavy atom. The first-order valence-corrected chi connectivity index (χ1v) is 8.72. The largest absolute Gasteiger partial charge is 0.345 e. The van der Waals surface area contributed by atoms with E-state index in [0.717, 1.165) is 31.9 Å². The first-order valence-electron chi connectivity index (χ1n) is 8.72. The number of nitrogens with one attached hydrogen (secondary N) is 2. The van der Waals surface area contributed by atoms with Crippen molar-refractivity contribution in [2.75, 3.05) is 18.4 Å². The van der Waals surface area contributed by atoms with Crippen LogP contribution in [0.15, 0.2) is 42.7 Å². The quantitative estimate of drug-likeness (QED) is 0.908. The van der Waals surface area contributed by atoms with Gasteiger partial charge in [-0.05, 0) is 68.3 Å². The first kappa shape index (κ1) is 14.6. The molecule has 1 aromatic heterocycles. The fourth-order valence-corrected chi connectivity index (χ4v) is 3.82. The first-order chi connectivity index (χ1) is 11.4. The fraction of sp³-hybridized carbons (Fsp3) is 0.474. The lowest BCUT2D eigenvalue weighted by atomic mass is 9.71. The number of anilines is 1. The van der Waals surface area contributed by atoms with Gasteiger partial charge in [0.2, 0.25) is 5.95 Å². The molecule has 4 nitrogen and oxygen atoms in total. The Hall–Kier alpha value is -1.94. The Bertz CT molecular complexity index is 628. The van der Waals surface area contributed by atoms with Gasteiger partial charge in [-0.2, -0.15) is 0 Å². The molecule has 1 aromatic carbocycles. The zero-order chi connectivity index (χ0) is 15.5. The summed E-state index contributed by atoms with van der Waals surface area (Å²) < 4.78 is 0. The second-order valence-corrected chi connectivity index (χ2v) is 6.78. The molecule has 2 N–H and O–H groups in total. The third kappa shape index (κ3) is 2.95. The smallest absolute Gasteiger partial charge is 0.223 e. The molecule has 1 aliphatic heterocycles. The van der Waals surface area contributed by atoms with Gasteiger partial charge < -0.3 is 10.6 Å². The summed E-state index contributed by atoms with van der Waals surface area (Å²) in [6.07, 6.45) is 9.65. The number of hydrogen-bond donors (Lipinski definition) is 2. The average Bonchev–Trinajstić information content (AvgIpc) is 2.60. The van der Waals surface area contributed by atoms with E-state index in [1.807, 2.05) is 6.07 Å². The van der Waals surface area contributed by atoms with E-state index in [9.17, 15) is 0 Å². The summed E-state index contributed by atoms with van der Waals surface area (Å²) in [5, 5.41) is 7.02. The molecule has 2 aromatic rings. The Labute approximate surface area is 137 Å². The minimum Gasteiger partial charge on any atom is -0.345 e. The van der Waals surface area contributed by atoms with Crippen molar-refractivity contribution in [3.8, 4) is 0 Å². The maximum atomic E-state index is 4.33. The second-order valence-electron chi connectivity index (χ2n) is 6.78. The van der Waals surface area contributed by atoms with Gasteiger partial charge in [-0.3, -0.25) is 0 Å². The van der Waals surface area contributed by atoms with Crippen LogP contribution in [-0.4, -0.2) is 23.1 Å². The number of nitrogens with zero attached hydrogens (tertiary/aromatic N) is 2. The fourth-order valence-electron chi connectivity index (χ4n) is 3.82. The highest BCUT2D eigenvalue weighted by molar-refractivity contribution is 5.40. The number of benzene rings is 1. The molecule has 120 valence electrons. The van der Waals surface area contributed by atoms with Crippen LogP contribution < -0.4 is 10.6 Å². The van der Waals surface area contributed by atoms with Crippen LogP contribution in [0.3, 0.4) is 0 Å². The Balaban J connectivity index is 1.53. The minimum absolute atomic E-state index is 0.0218. The van der Waals surface area contributed by atoms with E-state index in [0.29, 0.717) is 5.92 Å². The summed E-state index contributed by atoms with van der Waals surface area (Å²) >= 11 is 0. The highest BCUT2D eigenvalue weighted by Gasteiger charge is 2.39. The standard InChI is InChI=1S/C19H24N4/c1-9-19(10-1,23-18-21-11-2-12-22-18)17-5-3-15(4-6-17)16-7-13-20-14-8-16/h2-6,11-12,16,20H,1,7-10,13-14H2,(H,21,22,23). The Morgan fingerprint density at radius 2 is 1.70 bits per heavy atom. The SMILES string of the molecule is c1cnc(NC2(c3ccc(C4CCNCC4)cc3)CCC2)nc1. The summed E-state index contributed by atoms with van der Waals surface area (Å²) in [5.41, 5.74) is 2.88. The summed E-state index contributed by atoms with van der Waals surface area (Å²) in [6.45, 7) is 2.28. The van der Waals surface area contributed by atoms with E-state index >= 15 is 0 Å². The van der Waals surface area contributed by atoms with Gasteiger partial charge in [0.25, 0.3) is 0 Å². The molecule has 0 bridgehead atoms. The van der Waals surface area contributed by atoms with Gasteiger partial charge in [0.05, 0.1) is 5.54 Å². The molecule has 1 saturated heterocycles. The molecule has 2 aliphatic rings. The molecular weight excluding hydrogens is 284 g/mol. The van der Waals surface area contributed by atoms with Gasteiger partial charge in [-0.25, -0.2) is 9.97 Å². The zero-order valence-electron chi connectivity index (χ0n) is 13.5. The number of rotatable bonds is 4. The van der Waals surface area contributed by atoms with E-state index in [4.69, 9.17) is 0 Å². The average molecular weight is 308 g/mol. The highest BCUT2D eigenvalue weighted by Crippen LogP contribution is 2.43. The molecule has 0 atom stereocenters. The van der Waals surface area contributed by atoms with Crippen LogP contribution in [0.25, 0.3) is 0 Å². The number of piperidine rings is 1. The molecule has 2 heterocycles. The van der Waals surface area contributed by atoms with Crippen molar-refractivity contribution in [1.29, 1.82) is 0 Å². The normalized spacial score (nSPS) is 20.7. The van der Waals surface area contributed by atoms with Crippen LogP contribution in [0.4, 0.5) is 5.95 Å². The highest BCUT2D eigenvalue weighted by atomic mass is 15.1. The molecule has 23 heavy (non-hydrogen) atoms. The van der Waals surface area contributed by atoms with Gasteiger partial charge in [-0.1, -0.05) is 24.3 Å². The molecule has 1 aliphatic carbocycles. The third-order valence-electron chi connectivity index (χ3n) is 5.40. The summed E-state index contributed by atoms with van der Waals surface area (Å²) in [6, 6.07) is 11.1. The Morgan fingerprint density at radius 1 is 1.00 bits per heavy atom. The summed E-state index contributed by atoms with van der Waals surface area (Å²) in [5.74, 6) is 1.45. The number of aromatic nitrogens is 2. The lowest BCUT2D eigenvalue weighted by Crippen LogP contribution is -2.42. The Kier molecular flexibility index (Phi) is 4.00. The van der Waals surface area contributed by atoms with Gasteiger partial charge in [-0.15, -0.1) is 0 Å². The van der Waals surface area contributed by atoms with E-state index in [-0.39, 0.29) is 5.54 Å². The lowest BCUT2D eigenvalue weighted by Gasteiger charge is -2.43. The van der Waals surface area contributed by atoms with Crippen LogP contribution in [0.5, 0.6) is 0 Å². The molecule has 0 unspecified atom stereocenters. The molecule has 1 saturated carbocycles. The molecule has 2 fully saturated rings. The predicted octanol–water partition coefficient (Wildman–Crippen LogP) is 3.43. The maximum Gasteiger partial charge on any atom is 0.223 e. The van der Waals surface area contributed by atoms with Crippen molar-refractivity contribution in [3.05, 3.63) is 53.9 Å². The molecule has 4 rings (SSSR count). The van der Waals surface area contributed by atoms with Crippen molar-refractivity contribution in [2.24, 2.45) is 0 Å². The van der Waals surface area contributed by atoms with Gasteiger partial charge in [0, 0.05) is 12.4 Å². The van der Waals surface area contributed by atoms with E-state index in [2.05, 4.69) is 44.9 Å². The van der Waals surface area contributed by atoms with Crippen molar-refractivity contribution in [3.63, 3.8) is 0 Å². The van der Waals surface area contributed by atoms with Gasteiger partial charge in [0.1, 0.15) is 0 Å². The molecule has 4 heteroatoms. The van der Waals surface area contributed by atoms with E-state index in [1.165, 1.54) is 30.4 Å². The summed E-state index contributed by atoms with van der Waals surface area (Å²) in [4.78, 5) is 8.67. The van der Waals surface area contributed by atoms with E-state index in [1.54, 1.807) is 12.4 Å². The molecule has 0 radical (unpaired) electrons. The second kappa shape index (κ2) is 6.28. The molecule has 0 amide bonds. The van der Waals surface area contributed by atoms with Crippen molar-refractivity contribution in [1.82, 2.24) is 15.3 Å². The predicted molar refractivity (Wildman–Crippen MR) is 92.5 cm³/mol. The maximum absolute atomic E-state index is 4.33. The van der Waals surface area contributed by atoms with Crippen molar-refractivity contribution >= 4 is 5.95 Å². The molecule has 0 spiro atoms. The molecular formula is C19H24N4. The van der Waals surface area contributed by atoms with Crippen LogP contribution in [0, 0.1) is 0 Å². The van der Waals surface area contributed by atoms with Gasteiger partial charge in [0.15, 0.2) is 0 Å². The minimum atomic E-state index is 0.0218. The summed E-state index contributed by atoms with van der Waals surface area (Å²) in [7, 11) is 0. The van der Waals surface area contributed by atoms with Gasteiger partial charge >= 0.3 is 0 Å². The van der Waals surface area contributed by atoms with Crippen LogP contribution in [0.2, 0.25) is 0 Å². The van der Waals surface area contributed by atoms with Crippen LogP contribution in [-0.2, 0) is 5.54 Å². The monoisotopic (exact) mass is 308 g/mol. The number of hydrogen-bond acceptors (Lipinski definition) is 4. The van der Waals surface area contributed by atoms with E-state index < -0.39 is 0 Å². The van der Waals surface area contributed by atoms with Crippen molar-refractivity contribution in [2.45, 2.75) is 43.6 Å². The van der Waals surface area contributed by atoms with Crippen LogP contribution >= 0.6 is 0 Å². The lowest BCUT2D eigenvalue weighted by molar-refractivity contribution is 0.282. The zero-order valence-corrected chi connectivity index (χ0v) is 13.5. The third-order valence-corrected chi connectivity index (χ3v) is 5.40. The van der Waals surface area contributed by atoms with Crippen LogP contribution in [0.1, 0.15) is 49.1 Å². The topological polar surface area (TPSA) is 49.8 Å².